The molecular weight excluding hydrogens is 292 g/mol. The van der Waals surface area contributed by atoms with Crippen LogP contribution in [0.2, 0.25) is 0 Å². The first-order valence-corrected chi connectivity index (χ1v) is 8.43. The first-order chi connectivity index (χ1) is 10.9. The Kier molecular flexibility index (Phi) is 3.06. The molecule has 2 unspecified atom stereocenters. The Hall–Kier alpha value is -1.91. The first-order valence-electron chi connectivity index (χ1n) is 8.43. The molecule has 1 amide bonds. The third-order valence-corrected chi connectivity index (χ3v) is 6.42. The van der Waals surface area contributed by atoms with Crippen LogP contribution in [0.25, 0.3) is 0 Å². The molecule has 1 aromatic rings. The molecule has 4 aliphatic rings. The maximum Gasteiger partial charge on any atom is 0.269 e. The number of hydrogen-bond acceptors (Lipinski definition) is 3. The Labute approximate surface area is 135 Å². The number of nitrogens with two attached hydrogens (primary N) is 1. The lowest BCUT2D eigenvalue weighted by Gasteiger charge is -2.62. The molecule has 23 heavy (non-hydrogen) atoms. The van der Waals surface area contributed by atoms with E-state index in [1.165, 1.54) is 12.0 Å². The fraction of sp³-hybridized carbons (Fsp3) is 0.611. The van der Waals surface area contributed by atoms with Crippen LogP contribution in [0.3, 0.4) is 0 Å². The zero-order valence-corrected chi connectivity index (χ0v) is 13.2. The predicted molar refractivity (Wildman–Crippen MR) is 85.7 cm³/mol. The van der Waals surface area contributed by atoms with Gasteiger partial charge >= 0.3 is 0 Å². The van der Waals surface area contributed by atoms with Gasteiger partial charge in [-0.25, -0.2) is 0 Å². The molecule has 0 spiro atoms. The zero-order chi connectivity index (χ0) is 16.2. The van der Waals surface area contributed by atoms with Gasteiger partial charge in [0.25, 0.3) is 5.69 Å². The van der Waals surface area contributed by atoms with Crippen LogP contribution in [0.1, 0.15) is 50.5 Å². The number of benzene rings is 1. The van der Waals surface area contributed by atoms with Crippen LogP contribution in [-0.2, 0) is 10.2 Å². The van der Waals surface area contributed by atoms with Crippen molar-refractivity contribution in [1.82, 2.24) is 0 Å². The number of carbonyl (C=O) groups excluding carboxylic acids is 1. The number of non-ortho nitro benzene ring substituents is 1. The number of rotatable bonds is 4. The van der Waals surface area contributed by atoms with Gasteiger partial charge in [0.15, 0.2) is 0 Å². The molecule has 4 saturated carbocycles. The fourth-order valence-corrected chi connectivity index (χ4v) is 6.30. The van der Waals surface area contributed by atoms with Gasteiger partial charge in [0.05, 0.1) is 4.92 Å². The molecule has 0 saturated heterocycles. The monoisotopic (exact) mass is 314 g/mol. The van der Waals surface area contributed by atoms with Crippen molar-refractivity contribution in [2.45, 2.75) is 50.4 Å². The highest BCUT2D eigenvalue weighted by atomic mass is 16.6. The number of nitro groups is 1. The van der Waals surface area contributed by atoms with Crippen LogP contribution < -0.4 is 5.73 Å². The van der Waals surface area contributed by atoms with E-state index in [0.29, 0.717) is 18.3 Å². The molecule has 5 nitrogen and oxygen atoms in total. The molecule has 0 radical (unpaired) electrons. The maximum atomic E-state index is 11.6. The number of amides is 1. The summed E-state index contributed by atoms with van der Waals surface area (Å²) in [4.78, 5) is 22.1. The average molecular weight is 314 g/mol. The van der Waals surface area contributed by atoms with Gasteiger partial charge < -0.3 is 5.73 Å². The molecule has 2 atom stereocenters. The lowest BCUT2D eigenvalue weighted by Crippen LogP contribution is -2.54. The van der Waals surface area contributed by atoms with Crippen molar-refractivity contribution >= 4 is 11.6 Å². The summed E-state index contributed by atoms with van der Waals surface area (Å²) < 4.78 is 0. The molecular formula is C18H22N2O3. The standard InChI is InChI=1S/C18H22N2O3/c19-16(21)10-17-6-12-5-13(7-17)9-18(8-12,11-17)14-1-3-15(4-2-14)20(22)23/h1-4,12-13H,5-11H2,(H2,19,21). The molecule has 5 heteroatoms. The van der Waals surface area contributed by atoms with Gasteiger partial charge in [-0.2, -0.15) is 0 Å². The van der Waals surface area contributed by atoms with Gasteiger partial charge in [-0.3, -0.25) is 14.9 Å². The van der Waals surface area contributed by atoms with Crippen LogP contribution >= 0.6 is 0 Å². The van der Waals surface area contributed by atoms with Crippen molar-refractivity contribution in [3.05, 3.63) is 39.9 Å². The largest absolute Gasteiger partial charge is 0.370 e. The molecule has 0 heterocycles. The van der Waals surface area contributed by atoms with Gasteiger partial charge in [-0.15, -0.1) is 0 Å². The molecule has 2 N–H and O–H groups in total. The van der Waals surface area contributed by atoms with Crippen molar-refractivity contribution < 1.29 is 9.72 Å². The summed E-state index contributed by atoms with van der Waals surface area (Å²) in [5, 5.41) is 10.9. The third-order valence-electron chi connectivity index (χ3n) is 6.42. The van der Waals surface area contributed by atoms with Crippen molar-refractivity contribution in [2.24, 2.45) is 23.0 Å². The maximum absolute atomic E-state index is 11.6. The molecule has 1 aromatic carbocycles. The van der Waals surface area contributed by atoms with E-state index in [-0.39, 0.29) is 27.3 Å². The average Bonchev–Trinajstić information content (AvgIpc) is 2.44. The molecule has 122 valence electrons. The van der Waals surface area contributed by atoms with E-state index in [1.54, 1.807) is 12.1 Å². The van der Waals surface area contributed by atoms with Gasteiger partial charge in [0.2, 0.25) is 5.91 Å². The topological polar surface area (TPSA) is 86.2 Å². The zero-order valence-electron chi connectivity index (χ0n) is 13.2. The lowest BCUT2D eigenvalue weighted by atomic mass is 9.42. The predicted octanol–water partition coefficient (Wildman–Crippen LogP) is 3.31. The molecule has 0 aromatic heterocycles. The number of nitro benzene ring substituents is 1. The van der Waals surface area contributed by atoms with Gasteiger partial charge in [0.1, 0.15) is 0 Å². The first kappa shape index (κ1) is 14.7. The van der Waals surface area contributed by atoms with E-state index in [9.17, 15) is 14.9 Å². The van der Waals surface area contributed by atoms with E-state index in [4.69, 9.17) is 5.73 Å². The van der Waals surface area contributed by atoms with E-state index in [1.807, 2.05) is 12.1 Å². The smallest absolute Gasteiger partial charge is 0.269 e. The summed E-state index contributed by atoms with van der Waals surface area (Å²) in [5.41, 5.74) is 7.05. The van der Waals surface area contributed by atoms with Crippen molar-refractivity contribution in [3.8, 4) is 0 Å². The highest BCUT2D eigenvalue weighted by Crippen LogP contribution is 2.66. The highest BCUT2D eigenvalue weighted by molar-refractivity contribution is 5.74. The summed E-state index contributed by atoms with van der Waals surface area (Å²) in [6.45, 7) is 0. The van der Waals surface area contributed by atoms with Crippen LogP contribution in [0.4, 0.5) is 5.69 Å². The van der Waals surface area contributed by atoms with E-state index >= 15 is 0 Å². The quantitative estimate of drug-likeness (QED) is 0.683. The molecule has 4 bridgehead atoms. The second-order valence-corrected chi connectivity index (χ2v) is 8.19. The Bertz CT molecular complexity index is 653. The molecule has 0 aliphatic heterocycles. The van der Waals surface area contributed by atoms with Gasteiger partial charge in [0, 0.05) is 18.6 Å². The van der Waals surface area contributed by atoms with Crippen LogP contribution in [-0.4, -0.2) is 10.8 Å². The SMILES string of the molecule is NC(=O)CC12CC3CC(C1)CC(c1ccc([N+](=O)[O-])cc1)(C3)C2. The lowest BCUT2D eigenvalue weighted by molar-refractivity contribution is -0.384. The van der Waals surface area contributed by atoms with E-state index in [0.717, 1.165) is 32.1 Å². The number of carbonyl (C=O) groups is 1. The van der Waals surface area contributed by atoms with Crippen molar-refractivity contribution in [3.63, 3.8) is 0 Å². The van der Waals surface area contributed by atoms with Crippen LogP contribution in [0, 0.1) is 27.4 Å². The second kappa shape index (κ2) is 4.79. The normalized spacial score (nSPS) is 37.7. The molecule has 5 rings (SSSR count). The highest BCUT2D eigenvalue weighted by Gasteiger charge is 2.58. The minimum atomic E-state index is -0.349. The summed E-state index contributed by atoms with van der Waals surface area (Å²) in [7, 11) is 0. The number of hydrogen-bond donors (Lipinski definition) is 1. The fourth-order valence-electron chi connectivity index (χ4n) is 6.30. The summed E-state index contributed by atoms with van der Waals surface area (Å²) >= 11 is 0. The molecule has 4 aliphatic carbocycles. The van der Waals surface area contributed by atoms with Crippen LogP contribution in [0.15, 0.2) is 24.3 Å². The Morgan fingerprint density at radius 1 is 1.17 bits per heavy atom. The number of primary amides is 1. The Balaban J connectivity index is 1.70. The van der Waals surface area contributed by atoms with Gasteiger partial charge in [-0.05, 0) is 66.8 Å². The van der Waals surface area contributed by atoms with Crippen molar-refractivity contribution in [1.29, 1.82) is 0 Å². The number of nitrogens with zero attached hydrogens (tertiary/aromatic N) is 1. The minimum absolute atomic E-state index is 0.0672. The van der Waals surface area contributed by atoms with E-state index in [2.05, 4.69) is 0 Å². The molecule has 4 fully saturated rings. The van der Waals surface area contributed by atoms with E-state index < -0.39 is 0 Å². The summed E-state index contributed by atoms with van der Waals surface area (Å²) in [6, 6.07) is 7.11. The summed E-state index contributed by atoms with van der Waals surface area (Å²) in [6.07, 6.45) is 7.34. The van der Waals surface area contributed by atoms with Crippen molar-refractivity contribution in [2.75, 3.05) is 0 Å². The minimum Gasteiger partial charge on any atom is -0.370 e. The second-order valence-electron chi connectivity index (χ2n) is 8.19. The van der Waals surface area contributed by atoms with Crippen LogP contribution in [0.5, 0.6) is 0 Å². The summed E-state index contributed by atoms with van der Waals surface area (Å²) in [5.74, 6) is 1.15. The Morgan fingerprint density at radius 2 is 1.78 bits per heavy atom. The third kappa shape index (κ3) is 2.33. The van der Waals surface area contributed by atoms with Gasteiger partial charge in [-0.1, -0.05) is 12.1 Å². The Morgan fingerprint density at radius 3 is 2.30 bits per heavy atom.